The molecule has 0 aliphatic heterocycles. The summed E-state index contributed by atoms with van der Waals surface area (Å²) in [6.07, 6.45) is -0.0975. The van der Waals surface area contributed by atoms with E-state index in [1.165, 1.54) is 19.2 Å². The highest BCUT2D eigenvalue weighted by Gasteiger charge is 2.18. The molecule has 0 aromatic heterocycles. The van der Waals surface area contributed by atoms with E-state index in [9.17, 15) is 23.3 Å². The van der Waals surface area contributed by atoms with Gasteiger partial charge in [0.05, 0.1) is 23.1 Å². The van der Waals surface area contributed by atoms with Gasteiger partial charge in [0, 0.05) is 11.3 Å². The Morgan fingerprint density at radius 3 is 2.65 bits per heavy atom. The highest BCUT2D eigenvalue weighted by molar-refractivity contribution is 7.71. The van der Waals surface area contributed by atoms with Crippen LogP contribution in [0.5, 0.6) is 0 Å². The quantitative estimate of drug-likeness (QED) is 0.347. The molecule has 0 N–H and O–H groups in total. The first-order chi connectivity index (χ1) is 9.36. The van der Waals surface area contributed by atoms with Crippen LogP contribution in [0.3, 0.4) is 0 Å². The number of carbonyl (C=O) groups is 1. The van der Waals surface area contributed by atoms with Crippen LogP contribution in [0.2, 0.25) is 5.02 Å². The minimum atomic E-state index is -2.49. The molecule has 0 saturated carbocycles. The highest BCUT2D eigenvalue weighted by Crippen LogP contribution is 2.25. The zero-order valence-electron chi connectivity index (χ0n) is 10.3. The average Bonchev–Trinajstić information content (AvgIpc) is 2.36. The van der Waals surface area contributed by atoms with E-state index in [1.54, 1.807) is 0 Å². The van der Waals surface area contributed by atoms with Gasteiger partial charge < -0.3 is 4.74 Å². The first-order valence-electron chi connectivity index (χ1n) is 5.31. The van der Waals surface area contributed by atoms with Crippen LogP contribution < -0.4 is 0 Å². The number of carbonyl (C=O) groups excluding carboxylic acids is 1. The molecule has 9 heteroatoms. The number of rotatable bonds is 5. The fourth-order valence-electron chi connectivity index (χ4n) is 1.58. The van der Waals surface area contributed by atoms with E-state index >= 15 is 0 Å². The second kappa shape index (κ2) is 7.01. The number of nitrogens with zero attached hydrogens (tertiary/aromatic N) is 1. The highest BCUT2D eigenvalue weighted by atomic mass is 35.5. The van der Waals surface area contributed by atoms with Gasteiger partial charge in [-0.05, 0) is 17.2 Å². The third-order valence-electron chi connectivity index (χ3n) is 2.45. The fraction of sp³-hybridized carbons (Fsp3) is 0.273. The van der Waals surface area contributed by atoms with Crippen molar-refractivity contribution in [3.05, 3.63) is 44.0 Å². The molecule has 0 amide bonds. The lowest BCUT2D eigenvalue weighted by molar-refractivity contribution is -0.479. The first-order valence-corrected chi connectivity index (χ1v) is 6.82. The summed E-state index contributed by atoms with van der Waals surface area (Å²) in [6.45, 7) is -0.434. The Bertz CT molecular complexity index is 674. The number of esters is 1. The summed E-state index contributed by atoms with van der Waals surface area (Å²) in [4.78, 5) is 21.4. The number of hydrogen-bond acceptors (Lipinski definition) is 6. The molecule has 0 bridgehead atoms. The Balaban J connectivity index is 3.40. The summed E-state index contributed by atoms with van der Waals surface area (Å²) in [7, 11) is -1.32. The normalized spacial score (nSPS) is 9.90. The number of methoxy groups -OCH3 is 1. The maximum absolute atomic E-state index is 11.5. The van der Waals surface area contributed by atoms with Gasteiger partial charge in [0.2, 0.25) is 16.8 Å². The Morgan fingerprint density at radius 2 is 2.15 bits per heavy atom. The van der Waals surface area contributed by atoms with E-state index in [0.717, 1.165) is 5.37 Å². The fourth-order valence-corrected chi connectivity index (χ4v) is 2.35. The van der Waals surface area contributed by atoms with Crippen LogP contribution in [0.4, 0.5) is 0 Å². The molecule has 0 fully saturated rings. The average molecular weight is 320 g/mol. The number of nitro groups is 1. The molecule has 108 valence electrons. The standard InChI is InChI=1S/C11H10ClNO6S/c1-19-11(14)9-3-2-7(6-20(17)18)8(10(9)12)4-5-13(15)16/h2-3,6H,4-5H2,1H3. The lowest BCUT2D eigenvalue weighted by Crippen LogP contribution is -2.10. The van der Waals surface area contributed by atoms with Crippen molar-refractivity contribution in [1.29, 1.82) is 0 Å². The third kappa shape index (κ3) is 4.04. The van der Waals surface area contributed by atoms with Crippen molar-refractivity contribution in [2.45, 2.75) is 6.42 Å². The molecule has 1 aromatic carbocycles. The van der Waals surface area contributed by atoms with Crippen LogP contribution in [0.15, 0.2) is 12.1 Å². The Morgan fingerprint density at radius 1 is 1.50 bits per heavy atom. The molecule has 0 atom stereocenters. The molecule has 7 nitrogen and oxygen atoms in total. The second-order valence-corrected chi connectivity index (χ2v) is 4.81. The maximum Gasteiger partial charge on any atom is 0.339 e. The van der Waals surface area contributed by atoms with Crippen LogP contribution >= 0.6 is 11.6 Å². The lowest BCUT2D eigenvalue weighted by atomic mass is 10.0. The molecule has 0 spiro atoms. The van der Waals surface area contributed by atoms with Gasteiger partial charge in [-0.25, -0.2) is 4.79 Å². The number of ether oxygens (including phenoxy) is 1. The number of hydrogen-bond donors (Lipinski definition) is 0. The first kappa shape index (κ1) is 16.1. The Kier molecular flexibility index (Phi) is 5.66. The summed E-state index contributed by atoms with van der Waals surface area (Å²) in [5.74, 6) is -0.702. The molecule has 0 aliphatic carbocycles. The predicted molar refractivity (Wildman–Crippen MR) is 72.4 cm³/mol. The van der Waals surface area contributed by atoms with E-state index in [2.05, 4.69) is 4.74 Å². The smallest absolute Gasteiger partial charge is 0.339 e. The molecule has 1 aromatic rings. The summed E-state index contributed by atoms with van der Waals surface area (Å²) in [5, 5.41) is 11.3. The molecular weight excluding hydrogens is 310 g/mol. The van der Waals surface area contributed by atoms with Crippen LogP contribution in [0.1, 0.15) is 21.5 Å². The molecule has 0 heterocycles. The zero-order chi connectivity index (χ0) is 15.3. The van der Waals surface area contributed by atoms with Crippen molar-refractivity contribution in [2.75, 3.05) is 13.7 Å². The Labute approximate surface area is 120 Å². The summed E-state index contributed by atoms with van der Waals surface area (Å²) >= 11 is 6.01. The van der Waals surface area contributed by atoms with E-state index in [-0.39, 0.29) is 28.1 Å². The SMILES string of the molecule is COC(=O)c1ccc(C=S(=O)=O)c(CC[N+](=O)[O-])c1Cl. The molecule has 1 rings (SSSR count). The molecule has 20 heavy (non-hydrogen) atoms. The Hall–Kier alpha value is -1.93. The summed E-state index contributed by atoms with van der Waals surface area (Å²) in [6, 6.07) is 2.66. The number of halogens is 1. The van der Waals surface area contributed by atoms with Crippen molar-refractivity contribution < 1.29 is 22.9 Å². The third-order valence-corrected chi connectivity index (χ3v) is 3.33. The van der Waals surface area contributed by atoms with Crippen molar-refractivity contribution in [3.8, 4) is 0 Å². The lowest BCUT2D eigenvalue weighted by Gasteiger charge is -2.09. The molecule has 0 radical (unpaired) electrons. The largest absolute Gasteiger partial charge is 0.465 e. The monoisotopic (exact) mass is 319 g/mol. The van der Waals surface area contributed by atoms with Crippen LogP contribution in [0.25, 0.3) is 0 Å². The van der Waals surface area contributed by atoms with Gasteiger partial charge in [-0.3, -0.25) is 10.1 Å². The van der Waals surface area contributed by atoms with Crippen molar-refractivity contribution in [2.24, 2.45) is 0 Å². The molecule has 0 aliphatic rings. The van der Waals surface area contributed by atoms with E-state index < -0.39 is 27.7 Å². The van der Waals surface area contributed by atoms with Gasteiger partial charge in [-0.2, -0.15) is 8.42 Å². The van der Waals surface area contributed by atoms with E-state index in [0.29, 0.717) is 0 Å². The summed E-state index contributed by atoms with van der Waals surface area (Å²) < 4.78 is 26.0. The van der Waals surface area contributed by atoms with Gasteiger partial charge in [0.15, 0.2) is 0 Å². The zero-order valence-corrected chi connectivity index (χ0v) is 11.9. The molecule has 0 saturated heterocycles. The number of benzene rings is 1. The van der Waals surface area contributed by atoms with E-state index in [4.69, 9.17) is 11.6 Å². The van der Waals surface area contributed by atoms with Crippen LogP contribution in [-0.2, 0) is 21.5 Å². The topological polar surface area (TPSA) is 104 Å². The van der Waals surface area contributed by atoms with E-state index in [1.807, 2.05) is 0 Å². The van der Waals surface area contributed by atoms with Gasteiger partial charge >= 0.3 is 5.97 Å². The maximum atomic E-state index is 11.5. The van der Waals surface area contributed by atoms with Gasteiger partial charge in [0.1, 0.15) is 0 Å². The van der Waals surface area contributed by atoms with Crippen LogP contribution in [-0.4, -0.2) is 38.3 Å². The van der Waals surface area contributed by atoms with Crippen LogP contribution in [0, 0.1) is 10.1 Å². The van der Waals surface area contributed by atoms with Crippen molar-refractivity contribution in [3.63, 3.8) is 0 Å². The van der Waals surface area contributed by atoms with Gasteiger partial charge in [-0.1, -0.05) is 17.7 Å². The van der Waals surface area contributed by atoms with Crippen molar-refractivity contribution >= 4 is 33.2 Å². The van der Waals surface area contributed by atoms with Gasteiger partial charge in [0.25, 0.3) is 0 Å². The molecule has 0 unspecified atom stereocenters. The van der Waals surface area contributed by atoms with Gasteiger partial charge in [-0.15, -0.1) is 0 Å². The molecular formula is C11H10ClNO6S. The van der Waals surface area contributed by atoms with Crippen molar-refractivity contribution in [1.82, 2.24) is 0 Å². The minimum absolute atomic E-state index is 0.0290. The second-order valence-electron chi connectivity index (χ2n) is 3.67. The minimum Gasteiger partial charge on any atom is -0.465 e. The predicted octanol–water partition coefficient (Wildman–Crippen LogP) is 0.975. The summed E-state index contributed by atoms with van der Waals surface area (Å²) in [5.41, 5.74) is 0.453.